The van der Waals surface area contributed by atoms with E-state index < -0.39 is 0 Å². The Morgan fingerprint density at radius 2 is 2.05 bits per heavy atom. The predicted molar refractivity (Wildman–Crippen MR) is 84.5 cm³/mol. The first-order valence-corrected chi connectivity index (χ1v) is 7.74. The monoisotopic (exact) mass is 349 g/mol. The van der Waals surface area contributed by atoms with Crippen LogP contribution in [0.2, 0.25) is 0 Å². The minimum Gasteiger partial charge on any atom is -0.493 e. The van der Waals surface area contributed by atoms with Crippen molar-refractivity contribution in [3.63, 3.8) is 0 Å². The Balaban J connectivity index is 2.02. The molecule has 0 spiro atoms. The zero-order valence-corrected chi connectivity index (χ0v) is 13.0. The number of piperidine rings is 1. The normalized spacial score (nSPS) is 16.0. The Morgan fingerprint density at radius 3 is 2.71 bits per heavy atom. The summed E-state index contributed by atoms with van der Waals surface area (Å²) in [5, 5.41) is 13.5. The highest BCUT2D eigenvalue weighted by Crippen LogP contribution is 2.28. The van der Waals surface area contributed by atoms with Gasteiger partial charge >= 0.3 is 0 Å². The summed E-state index contributed by atoms with van der Waals surface area (Å²) in [6.07, 6.45) is 1.83. The number of benzene rings is 1. The molecule has 0 bridgehead atoms. The third-order valence-corrected chi connectivity index (χ3v) is 4.25. The molecule has 110 valence electrons. The van der Waals surface area contributed by atoms with Crippen molar-refractivity contribution in [2.45, 2.75) is 18.8 Å². The zero-order chi connectivity index (χ0) is 14.8. The molecule has 3 rings (SSSR count). The quantitative estimate of drug-likeness (QED) is 0.777. The SMILES string of the molecule is O=c1[nH]c(C2CCNCC2)nc(O)c1-c1cccc(Br)c1. The van der Waals surface area contributed by atoms with Gasteiger partial charge in [0.2, 0.25) is 5.88 Å². The minimum atomic E-state index is -0.297. The van der Waals surface area contributed by atoms with Gasteiger partial charge in [0.1, 0.15) is 11.4 Å². The molecule has 6 heteroatoms. The van der Waals surface area contributed by atoms with Gasteiger partial charge in [0.25, 0.3) is 5.56 Å². The van der Waals surface area contributed by atoms with Crippen LogP contribution in [0.1, 0.15) is 24.6 Å². The summed E-state index contributed by atoms with van der Waals surface area (Å²) in [5.41, 5.74) is 0.565. The molecule has 3 N–H and O–H groups in total. The van der Waals surface area contributed by atoms with Crippen LogP contribution in [0.25, 0.3) is 11.1 Å². The van der Waals surface area contributed by atoms with Crippen molar-refractivity contribution in [1.82, 2.24) is 15.3 Å². The van der Waals surface area contributed by atoms with E-state index >= 15 is 0 Å². The van der Waals surface area contributed by atoms with Crippen LogP contribution in [-0.2, 0) is 0 Å². The summed E-state index contributed by atoms with van der Waals surface area (Å²) in [7, 11) is 0. The highest BCUT2D eigenvalue weighted by molar-refractivity contribution is 9.10. The van der Waals surface area contributed by atoms with Gasteiger partial charge in [0.05, 0.1) is 0 Å². The molecular formula is C15H16BrN3O2. The van der Waals surface area contributed by atoms with Crippen LogP contribution in [0, 0.1) is 0 Å². The van der Waals surface area contributed by atoms with Gasteiger partial charge in [-0.15, -0.1) is 0 Å². The second kappa shape index (κ2) is 5.99. The summed E-state index contributed by atoms with van der Waals surface area (Å²) in [4.78, 5) is 19.4. The molecule has 21 heavy (non-hydrogen) atoms. The van der Waals surface area contributed by atoms with Crippen molar-refractivity contribution in [1.29, 1.82) is 0 Å². The Kier molecular flexibility index (Phi) is 4.07. The lowest BCUT2D eigenvalue weighted by Crippen LogP contribution is -2.28. The molecule has 1 aliphatic heterocycles. The van der Waals surface area contributed by atoms with Crippen LogP contribution in [-0.4, -0.2) is 28.2 Å². The van der Waals surface area contributed by atoms with Crippen molar-refractivity contribution >= 4 is 15.9 Å². The zero-order valence-electron chi connectivity index (χ0n) is 11.4. The first-order valence-electron chi connectivity index (χ1n) is 6.95. The van der Waals surface area contributed by atoms with E-state index in [1.165, 1.54) is 0 Å². The fourth-order valence-corrected chi connectivity index (χ4v) is 3.07. The first kappa shape index (κ1) is 14.3. The first-order chi connectivity index (χ1) is 10.1. The van der Waals surface area contributed by atoms with E-state index in [2.05, 4.69) is 31.2 Å². The van der Waals surface area contributed by atoms with Gasteiger partial charge in [-0.1, -0.05) is 28.1 Å². The minimum absolute atomic E-state index is 0.196. The Morgan fingerprint density at radius 1 is 1.29 bits per heavy atom. The average Bonchev–Trinajstić information content (AvgIpc) is 2.47. The van der Waals surface area contributed by atoms with Crippen molar-refractivity contribution < 1.29 is 5.11 Å². The molecular weight excluding hydrogens is 334 g/mol. The summed E-state index contributed by atoms with van der Waals surface area (Å²) in [6.45, 7) is 1.81. The van der Waals surface area contributed by atoms with Crippen LogP contribution in [0.4, 0.5) is 0 Å². The second-order valence-corrected chi connectivity index (χ2v) is 6.10. The number of halogens is 1. The van der Waals surface area contributed by atoms with E-state index in [0.29, 0.717) is 11.4 Å². The van der Waals surface area contributed by atoms with E-state index in [1.807, 2.05) is 12.1 Å². The van der Waals surface area contributed by atoms with Gasteiger partial charge in [-0.05, 0) is 43.6 Å². The standard InChI is InChI=1S/C15H16BrN3O2/c16-11-3-1-2-10(8-11)12-14(20)18-13(19-15(12)21)9-4-6-17-7-5-9/h1-3,8-9,17H,4-7H2,(H2,18,19,20,21). The lowest BCUT2D eigenvalue weighted by atomic mass is 9.97. The van der Waals surface area contributed by atoms with Gasteiger partial charge < -0.3 is 15.4 Å². The number of nitrogens with one attached hydrogen (secondary N) is 2. The maximum absolute atomic E-state index is 12.3. The lowest BCUT2D eigenvalue weighted by Gasteiger charge is -2.21. The van der Waals surface area contributed by atoms with Crippen LogP contribution in [0.5, 0.6) is 5.88 Å². The number of nitrogens with zero attached hydrogens (tertiary/aromatic N) is 1. The topological polar surface area (TPSA) is 78.0 Å². The molecule has 1 aromatic heterocycles. The average molecular weight is 350 g/mol. The molecule has 0 saturated carbocycles. The van der Waals surface area contributed by atoms with Crippen LogP contribution in [0.15, 0.2) is 33.5 Å². The van der Waals surface area contributed by atoms with Gasteiger partial charge in [-0.25, -0.2) is 0 Å². The van der Waals surface area contributed by atoms with Crippen molar-refractivity contribution in [3.8, 4) is 17.0 Å². The summed E-state index contributed by atoms with van der Waals surface area (Å²) in [6, 6.07) is 7.25. The highest BCUT2D eigenvalue weighted by Gasteiger charge is 2.20. The number of aromatic hydroxyl groups is 1. The number of H-pyrrole nitrogens is 1. The Labute approximate surface area is 130 Å². The number of rotatable bonds is 2. The van der Waals surface area contributed by atoms with E-state index in [1.54, 1.807) is 12.1 Å². The summed E-state index contributed by atoms with van der Waals surface area (Å²) in [5.74, 6) is 0.574. The molecule has 0 amide bonds. The van der Waals surface area contributed by atoms with Gasteiger partial charge in [0.15, 0.2) is 0 Å². The van der Waals surface area contributed by atoms with Crippen LogP contribution >= 0.6 is 15.9 Å². The Hall–Kier alpha value is -1.66. The van der Waals surface area contributed by atoms with Crippen molar-refractivity contribution in [3.05, 3.63) is 44.9 Å². The van der Waals surface area contributed by atoms with Crippen LogP contribution in [0.3, 0.4) is 0 Å². The second-order valence-electron chi connectivity index (χ2n) is 5.18. The van der Waals surface area contributed by atoms with Gasteiger partial charge in [-0.2, -0.15) is 4.98 Å². The molecule has 2 heterocycles. The van der Waals surface area contributed by atoms with Gasteiger partial charge in [-0.3, -0.25) is 4.79 Å². The summed E-state index contributed by atoms with van der Waals surface area (Å²) < 4.78 is 0.848. The molecule has 1 aliphatic rings. The predicted octanol–water partition coefficient (Wildman–Crippen LogP) is 2.37. The van der Waals surface area contributed by atoms with Crippen molar-refractivity contribution in [2.75, 3.05) is 13.1 Å². The number of aromatic amines is 1. The molecule has 0 unspecified atom stereocenters. The lowest BCUT2D eigenvalue weighted by molar-refractivity contribution is 0.420. The molecule has 1 saturated heterocycles. The smallest absolute Gasteiger partial charge is 0.262 e. The Bertz CT molecular complexity index is 708. The number of hydrogen-bond donors (Lipinski definition) is 3. The number of aromatic nitrogens is 2. The maximum atomic E-state index is 12.3. The van der Waals surface area contributed by atoms with E-state index in [4.69, 9.17) is 0 Å². The van der Waals surface area contributed by atoms with E-state index in [0.717, 1.165) is 30.4 Å². The molecule has 1 fully saturated rings. The van der Waals surface area contributed by atoms with Crippen LogP contribution < -0.4 is 10.9 Å². The third-order valence-electron chi connectivity index (χ3n) is 3.76. The molecule has 1 aromatic carbocycles. The maximum Gasteiger partial charge on any atom is 0.262 e. The molecule has 0 aliphatic carbocycles. The third kappa shape index (κ3) is 3.01. The molecule has 2 aromatic rings. The van der Waals surface area contributed by atoms with Crippen molar-refractivity contribution in [2.24, 2.45) is 0 Å². The van der Waals surface area contributed by atoms with Gasteiger partial charge in [0, 0.05) is 10.4 Å². The fraction of sp³-hybridized carbons (Fsp3) is 0.333. The summed E-state index contributed by atoms with van der Waals surface area (Å²) >= 11 is 3.36. The highest BCUT2D eigenvalue weighted by atomic mass is 79.9. The number of hydrogen-bond acceptors (Lipinski definition) is 4. The molecule has 0 radical (unpaired) electrons. The largest absolute Gasteiger partial charge is 0.493 e. The van der Waals surface area contributed by atoms with E-state index in [-0.39, 0.29) is 22.9 Å². The van der Waals surface area contributed by atoms with E-state index in [9.17, 15) is 9.90 Å². The fourth-order valence-electron chi connectivity index (χ4n) is 2.67. The molecule has 5 nitrogen and oxygen atoms in total. The molecule has 0 atom stereocenters.